The van der Waals surface area contributed by atoms with Gasteiger partial charge >= 0.3 is 0 Å². The molecule has 0 spiro atoms. The molecule has 2 aromatic carbocycles. The Kier molecular flexibility index (Phi) is 5.46. The van der Waals surface area contributed by atoms with Crippen molar-refractivity contribution in [1.29, 1.82) is 0 Å². The molecule has 0 unspecified atom stereocenters. The molecule has 3 nitrogen and oxygen atoms in total. The predicted molar refractivity (Wildman–Crippen MR) is 85.1 cm³/mol. The molecule has 0 heterocycles. The number of para-hydroxylation sites is 1. The molecule has 20 heavy (non-hydrogen) atoms. The largest absolute Gasteiger partial charge is 0.496 e. The molecular formula is C15H14Br2O3. The lowest BCUT2D eigenvalue weighted by Crippen LogP contribution is -2.00. The van der Waals surface area contributed by atoms with Crippen LogP contribution in [0.5, 0.6) is 11.5 Å². The van der Waals surface area contributed by atoms with E-state index in [1.807, 2.05) is 36.4 Å². The molecule has 5 heteroatoms. The molecule has 0 saturated carbocycles. The maximum absolute atomic E-state index is 9.15. The average molecular weight is 402 g/mol. The molecule has 0 aliphatic rings. The van der Waals surface area contributed by atoms with Crippen LogP contribution in [0.15, 0.2) is 45.3 Å². The molecule has 0 atom stereocenters. The summed E-state index contributed by atoms with van der Waals surface area (Å²) in [5.41, 5.74) is 1.79. The van der Waals surface area contributed by atoms with Crippen molar-refractivity contribution in [3.8, 4) is 11.5 Å². The van der Waals surface area contributed by atoms with Crippen LogP contribution in [0, 0.1) is 0 Å². The standard InChI is InChI=1S/C15H14Br2O3/c1-19-14-5-3-2-4-11(14)9-20-15-12(16)6-10(8-18)7-13(15)17/h2-7,18H,8-9H2,1H3. The minimum absolute atomic E-state index is 0.00993. The second-order valence-corrected chi connectivity index (χ2v) is 5.86. The molecule has 0 amide bonds. The quantitative estimate of drug-likeness (QED) is 0.811. The summed E-state index contributed by atoms with van der Waals surface area (Å²) in [6.07, 6.45) is 0. The van der Waals surface area contributed by atoms with E-state index in [4.69, 9.17) is 14.6 Å². The first-order valence-electron chi connectivity index (χ1n) is 5.99. The normalized spacial score (nSPS) is 10.4. The Morgan fingerprint density at radius 2 is 1.75 bits per heavy atom. The van der Waals surface area contributed by atoms with Gasteiger partial charge in [0, 0.05) is 5.56 Å². The Balaban J connectivity index is 2.19. The van der Waals surface area contributed by atoms with Crippen molar-refractivity contribution in [1.82, 2.24) is 0 Å². The highest BCUT2D eigenvalue weighted by Crippen LogP contribution is 2.35. The Hall–Kier alpha value is -1.04. The van der Waals surface area contributed by atoms with Gasteiger partial charge in [-0.1, -0.05) is 18.2 Å². The van der Waals surface area contributed by atoms with E-state index in [0.717, 1.165) is 25.8 Å². The summed E-state index contributed by atoms with van der Waals surface area (Å²) in [6, 6.07) is 11.4. The molecule has 0 fully saturated rings. The molecule has 0 aliphatic heterocycles. The van der Waals surface area contributed by atoms with Gasteiger partial charge in [-0.2, -0.15) is 0 Å². The van der Waals surface area contributed by atoms with Gasteiger partial charge in [-0.25, -0.2) is 0 Å². The van der Waals surface area contributed by atoms with Gasteiger partial charge in [-0.05, 0) is 55.6 Å². The number of halogens is 2. The summed E-state index contributed by atoms with van der Waals surface area (Å²) in [4.78, 5) is 0. The number of ether oxygens (including phenoxy) is 2. The zero-order valence-corrected chi connectivity index (χ0v) is 14.1. The fourth-order valence-corrected chi connectivity index (χ4v) is 3.32. The topological polar surface area (TPSA) is 38.7 Å². The van der Waals surface area contributed by atoms with Crippen LogP contribution < -0.4 is 9.47 Å². The van der Waals surface area contributed by atoms with Gasteiger partial charge in [0.1, 0.15) is 18.1 Å². The molecular weight excluding hydrogens is 388 g/mol. The number of hydrogen-bond donors (Lipinski definition) is 1. The Morgan fingerprint density at radius 3 is 2.35 bits per heavy atom. The maximum Gasteiger partial charge on any atom is 0.148 e. The third kappa shape index (κ3) is 3.53. The van der Waals surface area contributed by atoms with Gasteiger partial charge in [0.15, 0.2) is 0 Å². The zero-order valence-electron chi connectivity index (χ0n) is 10.9. The van der Waals surface area contributed by atoms with Crippen molar-refractivity contribution < 1.29 is 14.6 Å². The lowest BCUT2D eigenvalue weighted by Gasteiger charge is -2.13. The van der Waals surface area contributed by atoms with E-state index in [9.17, 15) is 0 Å². The van der Waals surface area contributed by atoms with Crippen LogP contribution in [0.3, 0.4) is 0 Å². The van der Waals surface area contributed by atoms with Crippen LogP contribution in [0.25, 0.3) is 0 Å². The van der Waals surface area contributed by atoms with Gasteiger partial charge in [-0.3, -0.25) is 0 Å². The third-order valence-electron chi connectivity index (χ3n) is 2.81. The first-order chi connectivity index (χ1) is 9.65. The first kappa shape index (κ1) is 15.4. The van der Waals surface area contributed by atoms with Gasteiger partial charge in [0.25, 0.3) is 0 Å². The van der Waals surface area contributed by atoms with Crippen molar-refractivity contribution in [2.24, 2.45) is 0 Å². The van der Waals surface area contributed by atoms with E-state index < -0.39 is 0 Å². The highest BCUT2D eigenvalue weighted by molar-refractivity contribution is 9.11. The lowest BCUT2D eigenvalue weighted by atomic mass is 10.2. The Labute approximate surface area is 134 Å². The number of benzene rings is 2. The summed E-state index contributed by atoms with van der Waals surface area (Å²) in [6.45, 7) is 0.393. The molecule has 2 aromatic rings. The lowest BCUT2D eigenvalue weighted by molar-refractivity contribution is 0.279. The van der Waals surface area contributed by atoms with E-state index in [-0.39, 0.29) is 6.61 Å². The van der Waals surface area contributed by atoms with Crippen LogP contribution in [-0.2, 0) is 13.2 Å². The smallest absolute Gasteiger partial charge is 0.148 e. The minimum atomic E-state index is -0.00993. The van der Waals surface area contributed by atoms with Crippen LogP contribution in [-0.4, -0.2) is 12.2 Å². The number of aliphatic hydroxyl groups excluding tert-OH is 1. The first-order valence-corrected chi connectivity index (χ1v) is 7.57. The SMILES string of the molecule is COc1ccccc1COc1c(Br)cc(CO)cc1Br. The third-order valence-corrected chi connectivity index (χ3v) is 3.98. The van der Waals surface area contributed by atoms with Crippen molar-refractivity contribution in [2.75, 3.05) is 7.11 Å². The molecule has 2 rings (SSSR count). The van der Waals surface area contributed by atoms with Gasteiger partial charge < -0.3 is 14.6 Å². The monoisotopic (exact) mass is 400 g/mol. The van der Waals surface area contributed by atoms with Crippen LogP contribution >= 0.6 is 31.9 Å². The fraction of sp³-hybridized carbons (Fsp3) is 0.200. The Bertz CT molecular complexity index is 576. The summed E-state index contributed by atoms with van der Waals surface area (Å²) in [7, 11) is 1.64. The van der Waals surface area contributed by atoms with Crippen molar-refractivity contribution in [3.05, 3.63) is 56.5 Å². The number of hydrogen-bond acceptors (Lipinski definition) is 3. The van der Waals surface area contributed by atoms with Crippen LogP contribution in [0.2, 0.25) is 0 Å². The predicted octanol–water partition coefficient (Wildman–Crippen LogP) is 4.29. The van der Waals surface area contributed by atoms with Gasteiger partial charge in [0.2, 0.25) is 0 Å². The number of aliphatic hydroxyl groups is 1. The number of rotatable bonds is 5. The van der Waals surface area contributed by atoms with Gasteiger partial charge in [0.05, 0.1) is 22.7 Å². The van der Waals surface area contributed by atoms with Crippen molar-refractivity contribution >= 4 is 31.9 Å². The molecule has 0 aromatic heterocycles. The molecule has 0 radical (unpaired) electrons. The molecule has 0 saturated heterocycles. The summed E-state index contributed by atoms with van der Waals surface area (Å²) < 4.78 is 12.7. The second-order valence-electron chi connectivity index (χ2n) is 4.15. The van der Waals surface area contributed by atoms with Crippen molar-refractivity contribution in [2.45, 2.75) is 13.2 Å². The molecule has 1 N–H and O–H groups in total. The van der Waals surface area contributed by atoms with Crippen molar-refractivity contribution in [3.63, 3.8) is 0 Å². The van der Waals surface area contributed by atoms with E-state index in [1.54, 1.807) is 7.11 Å². The average Bonchev–Trinajstić information content (AvgIpc) is 2.46. The zero-order chi connectivity index (χ0) is 14.5. The van der Waals surface area contributed by atoms with Crippen LogP contribution in [0.4, 0.5) is 0 Å². The minimum Gasteiger partial charge on any atom is -0.496 e. The van der Waals surface area contributed by atoms with E-state index >= 15 is 0 Å². The van der Waals surface area contributed by atoms with E-state index in [0.29, 0.717) is 12.4 Å². The number of methoxy groups -OCH3 is 1. The fourth-order valence-electron chi connectivity index (χ4n) is 1.81. The highest BCUT2D eigenvalue weighted by atomic mass is 79.9. The van der Waals surface area contributed by atoms with E-state index in [1.165, 1.54) is 0 Å². The molecule has 0 bridgehead atoms. The Morgan fingerprint density at radius 1 is 1.10 bits per heavy atom. The van der Waals surface area contributed by atoms with Gasteiger partial charge in [-0.15, -0.1) is 0 Å². The van der Waals surface area contributed by atoms with Crippen LogP contribution in [0.1, 0.15) is 11.1 Å². The molecule has 106 valence electrons. The molecule has 0 aliphatic carbocycles. The van der Waals surface area contributed by atoms with E-state index in [2.05, 4.69) is 31.9 Å². The second kappa shape index (κ2) is 7.11. The highest BCUT2D eigenvalue weighted by Gasteiger charge is 2.10. The summed E-state index contributed by atoms with van der Waals surface area (Å²) in [5.74, 6) is 1.50. The maximum atomic E-state index is 9.15. The summed E-state index contributed by atoms with van der Waals surface area (Å²) in [5, 5.41) is 9.15. The summed E-state index contributed by atoms with van der Waals surface area (Å²) >= 11 is 6.90.